The van der Waals surface area contributed by atoms with Gasteiger partial charge in [0.25, 0.3) is 0 Å². The quantitative estimate of drug-likeness (QED) is 0.775. The molecule has 2 aromatic rings. The van der Waals surface area contributed by atoms with Gasteiger partial charge in [-0.05, 0) is 36.6 Å². The molecule has 1 aromatic heterocycles. The molecule has 1 aromatic carbocycles. The van der Waals surface area contributed by atoms with Gasteiger partial charge in [0.15, 0.2) is 0 Å². The van der Waals surface area contributed by atoms with Crippen molar-refractivity contribution in [1.82, 2.24) is 9.88 Å². The Morgan fingerprint density at radius 3 is 2.79 bits per heavy atom. The first-order chi connectivity index (χ1) is 9.33. The molecule has 0 spiro atoms. The van der Waals surface area contributed by atoms with Gasteiger partial charge in [0, 0.05) is 24.8 Å². The van der Waals surface area contributed by atoms with Crippen LogP contribution in [0.1, 0.15) is 23.1 Å². The number of hydrogen-bond acceptors (Lipinski definition) is 2. The molecule has 3 rings (SSSR count). The molecule has 0 unspecified atom stereocenters. The molecule has 1 aliphatic heterocycles. The predicted molar refractivity (Wildman–Crippen MR) is 78.1 cm³/mol. The van der Waals surface area contributed by atoms with Crippen LogP contribution in [0.3, 0.4) is 0 Å². The van der Waals surface area contributed by atoms with E-state index >= 15 is 0 Å². The standard InChI is InChI=1S/C16H17ClN2/c17-16-15(7-3-9-18-16)12-19-10-4-8-13-5-1-2-6-14(13)11-19/h1-3,5-7,9H,4,8,10-12H2. The molecule has 0 fully saturated rings. The van der Waals surface area contributed by atoms with Crippen LogP contribution < -0.4 is 0 Å². The molecule has 0 saturated heterocycles. The van der Waals surface area contributed by atoms with Gasteiger partial charge in [-0.3, -0.25) is 4.90 Å². The highest BCUT2D eigenvalue weighted by atomic mass is 35.5. The summed E-state index contributed by atoms with van der Waals surface area (Å²) in [6, 6.07) is 12.7. The molecule has 0 bridgehead atoms. The lowest BCUT2D eigenvalue weighted by atomic mass is 10.0. The molecule has 0 radical (unpaired) electrons. The zero-order valence-electron chi connectivity index (χ0n) is 10.8. The smallest absolute Gasteiger partial charge is 0.133 e. The van der Waals surface area contributed by atoms with Gasteiger partial charge in [-0.2, -0.15) is 0 Å². The number of halogens is 1. The van der Waals surface area contributed by atoms with Crippen LogP contribution in [-0.2, 0) is 19.5 Å². The summed E-state index contributed by atoms with van der Waals surface area (Å²) in [5.41, 5.74) is 4.05. The van der Waals surface area contributed by atoms with Crippen molar-refractivity contribution in [2.75, 3.05) is 6.54 Å². The van der Waals surface area contributed by atoms with Crippen molar-refractivity contribution in [2.24, 2.45) is 0 Å². The minimum Gasteiger partial charge on any atom is -0.295 e. The first kappa shape index (κ1) is 12.6. The molecule has 1 aliphatic rings. The van der Waals surface area contributed by atoms with Crippen molar-refractivity contribution in [3.63, 3.8) is 0 Å². The number of aromatic nitrogens is 1. The molecule has 19 heavy (non-hydrogen) atoms. The van der Waals surface area contributed by atoms with Crippen LogP contribution in [0.15, 0.2) is 42.6 Å². The number of rotatable bonds is 2. The molecule has 2 heterocycles. The molecular weight excluding hydrogens is 256 g/mol. The van der Waals surface area contributed by atoms with Crippen LogP contribution >= 0.6 is 11.6 Å². The highest BCUT2D eigenvalue weighted by Gasteiger charge is 2.15. The molecule has 0 saturated carbocycles. The maximum absolute atomic E-state index is 6.15. The molecule has 0 N–H and O–H groups in total. The minimum absolute atomic E-state index is 0.625. The molecule has 0 atom stereocenters. The van der Waals surface area contributed by atoms with Gasteiger partial charge in [-0.25, -0.2) is 4.98 Å². The van der Waals surface area contributed by atoms with Crippen molar-refractivity contribution in [3.05, 3.63) is 64.4 Å². The Balaban J connectivity index is 1.78. The third kappa shape index (κ3) is 2.96. The fraction of sp³-hybridized carbons (Fsp3) is 0.312. The number of benzene rings is 1. The molecular formula is C16H17ClN2. The second-order valence-electron chi connectivity index (χ2n) is 5.04. The van der Waals surface area contributed by atoms with E-state index in [0.29, 0.717) is 5.15 Å². The molecule has 0 amide bonds. The maximum Gasteiger partial charge on any atom is 0.133 e. The van der Waals surface area contributed by atoms with Crippen LogP contribution in [0.25, 0.3) is 0 Å². The number of aryl methyl sites for hydroxylation is 1. The lowest BCUT2D eigenvalue weighted by molar-refractivity contribution is 0.261. The van der Waals surface area contributed by atoms with E-state index < -0.39 is 0 Å². The van der Waals surface area contributed by atoms with E-state index in [1.807, 2.05) is 6.07 Å². The zero-order chi connectivity index (χ0) is 13.1. The van der Waals surface area contributed by atoms with E-state index in [4.69, 9.17) is 11.6 Å². The van der Waals surface area contributed by atoms with Gasteiger partial charge in [-0.15, -0.1) is 0 Å². The van der Waals surface area contributed by atoms with Crippen LogP contribution in [0, 0.1) is 0 Å². The van der Waals surface area contributed by atoms with Crippen LogP contribution in [-0.4, -0.2) is 16.4 Å². The zero-order valence-corrected chi connectivity index (χ0v) is 11.6. The van der Waals surface area contributed by atoms with E-state index in [2.05, 4.69) is 40.2 Å². The number of fused-ring (bicyclic) bond motifs is 1. The summed E-state index contributed by atoms with van der Waals surface area (Å²) in [5.74, 6) is 0. The first-order valence-corrected chi connectivity index (χ1v) is 7.09. The predicted octanol–water partition coefficient (Wildman–Crippen LogP) is 3.68. The lowest BCUT2D eigenvalue weighted by Gasteiger charge is -2.20. The summed E-state index contributed by atoms with van der Waals surface area (Å²) in [6.45, 7) is 2.99. The van der Waals surface area contributed by atoms with E-state index in [0.717, 1.165) is 25.2 Å². The first-order valence-electron chi connectivity index (χ1n) is 6.71. The SMILES string of the molecule is Clc1ncccc1CN1CCCc2ccccc2C1. The Hall–Kier alpha value is -1.38. The Labute approximate surface area is 119 Å². The van der Waals surface area contributed by atoms with Crippen molar-refractivity contribution in [3.8, 4) is 0 Å². The highest BCUT2D eigenvalue weighted by molar-refractivity contribution is 6.30. The topological polar surface area (TPSA) is 16.1 Å². The monoisotopic (exact) mass is 272 g/mol. The van der Waals surface area contributed by atoms with Gasteiger partial charge < -0.3 is 0 Å². The summed E-state index contributed by atoms with van der Waals surface area (Å²) < 4.78 is 0. The summed E-state index contributed by atoms with van der Waals surface area (Å²) >= 11 is 6.15. The van der Waals surface area contributed by atoms with E-state index in [9.17, 15) is 0 Å². The summed E-state index contributed by atoms with van der Waals surface area (Å²) in [7, 11) is 0. The molecule has 3 heteroatoms. The number of pyridine rings is 1. The van der Waals surface area contributed by atoms with Crippen LogP contribution in [0.2, 0.25) is 5.15 Å². The second kappa shape index (κ2) is 5.72. The van der Waals surface area contributed by atoms with E-state index in [1.165, 1.54) is 24.0 Å². The summed E-state index contributed by atoms with van der Waals surface area (Å²) in [5, 5.41) is 0.625. The molecule has 98 valence electrons. The Kier molecular flexibility index (Phi) is 3.81. The van der Waals surface area contributed by atoms with E-state index in [-0.39, 0.29) is 0 Å². The second-order valence-corrected chi connectivity index (χ2v) is 5.39. The van der Waals surface area contributed by atoms with Gasteiger partial charge >= 0.3 is 0 Å². The Bertz CT molecular complexity index is 568. The third-order valence-electron chi connectivity index (χ3n) is 3.66. The van der Waals surface area contributed by atoms with Crippen molar-refractivity contribution in [1.29, 1.82) is 0 Å². The van der Waals surface area contributed by atoms with Crippen LogP contribution in [0.5, 0.6) is 0 Å². The van der Waals surface area contributed by atoms with Gasteiger partial charge in [0.05, 0.1) is 0 Å². The third-order valence-corrected chi connectivity index (χ3v) is 4.00. The normalized spacial score (nSPS) is 15.8. The van der Waals surface area contributed by atoms with E-state index in [1.54, 1.807) is 6.20 Å². The number of nitrogens with zero attached hydrogens (tertiary/aromatic N) is 2. The fourth-order valence-electron chi connectivity index (χ4n) is 2.68. The number of hydrogen-bond donors (Lipinski definition) is 0. The van der Waals surface area contributed by atoms with Crippen molar-refractivity contribution < 1.29 is 0 Å². The fourth-order valence-corrected chi connectivity index (χ4v) is 2.86. The largest absolute Gasteiger partial charge is 0.295 e. The minimum atomic E-state index is 0.625. The Morgan fingerprint density at radius 2 is 1.95 bits per heavy atom. The van der Waals surface area contributed by atoms with Gasteiger partial charge in [0.2, 0.25) is 0 Å². The Morgan fingerprint density at radius 1 is 1.11 bits per heavy atom. The van der Waals surface area contributed by atoms with Gasteiger partial charge in [0.1, 0.15) is 5.15 Å². The highest BCUT2D eigenvalue weighted by Crippen LogP contribution is 2.21. The summed E-state index contributed by atoms with van der Waals surface area (Å²) in [6.07, 6.45) is 4.12. The van der Waals surface area contributed by atoms with Crippen LogP contribution in [0.4, 0.5) is 0 Å². The molecule has 0 aliphatic carbocycles. The van der Waals surface area contributed by atoms with Crippen molar-refractivity contribution in [2.45, 2.75) is 25.9 Å². The molecule has 2 nitrogen and oxygen atoms in total. The lowest BCUT2D eigenvalue weighted by Crippen LogP contribution is -2.23. The van der Waals surface area contributed by atoms with Gasteiger partial charge in [-0.1, -0.05) is 41.9 Å². The maximum atomic E-state index is 6.15. The average Bonchev–Trinajstić information content (AvgIpc) is 2.63. The average molecular weight is 273 g/mol. The summed E-state index contributed by atoms with van der Waals surface area (Å²) in [4.78, 5) is 6.60. The van der Waals surface area contributed by atoms with Crippen molar-refractivity contribution >= 4 is 11.6 Å².